The van der Waals surface area contributed by atoms with Gasteiger partial charge in [0.25, 0.3) is 5.91 Å². The molecule has 146 valence electrons. The van der Waals surface area contributed by atoms with Crippen LogP contribution in [-0.2, 0) is 9.59 Å². The number of hydrogen-bond acceptors (Lipinski definition) is 4. The third kappa shape index (κ3) is 4.54. The molecule has 0 aromatic heterocycles. The number of thioether (sulfide) groups is 1. The van der Waals surface area contributed by atoms with Crippen LogP contribution in [0.1, 0.15) is 23.2 Å². The third-order valence-electron chi connectivity index (χ3n) is 4.61. The monoisotopic (exact) mass is 397 g/mol. The molecule has 1 N–H and O–H groups in total. The molecule has 1 fully saturated rings. The van der Waals surface area contributed by atoms with Crippen LogP contribution >= 0.6 is 11.8 Å². The van der Waals surface area contributed by atoms with Crippen molar-refractivity contribution in [1.82, 2.24) is 4.90 Å². The highest BCUT2D eigenvalue weighted by Gasteiger charge is 2.22. The van der Waals surface area contributed by atoms with Gasteiger partial charge in [-0.15, -0.1) is 11.8 Å². The number of amides is 3. The van der Waals surface area contributed by atoms with Crippen LogP contribution in [0.4, 0.5) is 11.4 Å². The number of rotatable bonds is 6. The van der Waals surface area contributed by atoms with Crippen LogP contribution in [0.5, 0.6) is 0 Å². The van der Waals surface area contributed by atoms with Crippen LogP contribution in [0.3, 0.4) is 0 Å². The maximum Gasteiger partial charge on any atom is 0.254 e. The van der Waals surface area contributed by atoms with Gasteiger partial charge in [0, 0.05) is 36.2 Å². The first-order valence-corrected chi connectivity index (χ1v) is 10.3. The smallest absolute Gasteiger partial charge is 0.254 e. The summed E-state index contributed by atoms with van der Waals surface area (Å²) in [4.78, 5) is 40.9. The van der Waals surface area contributed by atoms with E-state index >= 15 is 0 Å². The molecular formula is C21H23N3O3S. The summed E-state index contributed by atoms with van der Waals surface area (Å²) in [7, 11) is 1.60. The Kier molecular flexibility index (Phi) is 6.36. The third-order valence-corrected chi connectivity index (χ3v) is 5.40. The second-order valence-corrected chi connectivity index (χ2v) is 7.45. The largest absolute Gasteiger partial charge is 0.332 e. The van der Waals surface area contributed by atoms with E-state index < -0.39 is 0 Å². The van der Waals surface area contributed by atoms with Crippen molar-refractivity contribution >= 4 is 40.9 Å². The molecule has 2 aromatic rings. The zero-order chi connectivity index (χ0) is 20.1. The Morgan fingerprint density at radius 1 is 1.14 bits per heavy atom. The molecule has 2 aromatic carbocycles. The second kappa shape index (κ2) is 8.93. The molecule has 3 rings (SSSR count). The first-order valence-electron chi connectivity index (χ1n) is 9.08. The number of nitrogens with zero attached hydrogens (tertiary/aromatic N) is 2. The van der Waals surface area contributed by atoms with E-state index in [0.717, 1.165) is 22.7 Å². The molecule has 1 aliphatic heterocycles. The Balaban J connectivity index is 1.60. The van der Waals surface area contributed by atoms with Gasteiger partial charge in [-0.3, -0.25) is 14.4 Å². The second-order valence-electron chi connectivity index (χ2n) is 6.61. The van der Waals surface area contributed by atoms with Gasteiger partial charge in [0.1, 0.15) is 0 Å². The Morgan fingerprint density at radius 3 is 2.50 bits per heavy atom. The van der Waals surface area contributed by atoms with Gasteiger partial charge in [-0.1, -0.05) is 12.1 Å². The number of nitrogens with one attached hydrogen (secondary N) is 1. The summed E-state index contributed by atoms with van der Waals surface area (Å²) in [6.45, 7) is 0.664. The number of carbonyl (C=O) groups excluding carboxylic acids is 3. The number of hydrogen-bond donors (Lipinski definition) is 1. The molecule has 6 nitrogen and oxygen atoms in total. The predicted octanol–water partition coefficient (Wildman–Crippen LogP) is 3.25. The van der Waals surface area contributed by atoms with E-state index in [-0.39, 0.29) is 24.3 Å². The normalized spacial score (nSPS) is 13.5. The average molecular weight is 398 g/mol. The summed E-state index contributed by atoms with van der Waals surface area (Å²) in [6, 6.07) is 14.5. The summed E-state index contributed by atoms with van der Waals surface area (Å²) in [5, 5.41) is 2.85. The lowest BCUT2D eigenvalue weighted by Gasteiger charge is -2.19. The fraction of sp³-hybridized carbons (Fsp3) is 0.286. The summed E-state index contributed by atoms with van der Waals surface area (Å²) >= 11 is 1.55. The van der Waals surface area contributed by atoms with Gasteiger partial charge in [0.05, 0.1) is 12.2 Å². The van der Waals surface area contributed by atoms with Crippen molar-refractivity contribution in [2.24, 2.45) is 0 Å². The van der Waals surface area contributed by atoms with Crippen molar-refractivity contribution in [2.45, 2.75) is 17.7 Å². The van der Waals surface area contributed by atoms with Gasteiger partial charge in [-0.05, 0) is 49.1 Å². The summed E-state index contributed by atoms with van der Waals surface area (Å²) < 4.78 is 0. The average Bonchev–Trinajstić information content (AvgIpc) is 3.13. The fourth-order valence-electron chi connectivity index (χ4n) is 3.15. The molecule has 1 heterocycles. The highest BCUT2D eigenvalue weighted by atomic mass is 32.2. The molecule has 1 saturated heterocycles. The Morgan fingerprint density at radius 2 is 1.86 bits per heavy atom. The van der Waals surface area contributed by atoms with E-state index in [1.807, 2.05) is 30.5 Å². The van der Waals surface area contributed by atoms with E-state index in [9.17, 15) is 14.4 Å². The molecule has 0 aliphatic carbocycles. The zero-order valence-corrected chi connectivity index (χ0v) is 16.8. The lowest BCUT2D eigenvalue weighted by Crippen LogP contribution is -2.35. The first kappa shape index (κ1) is 19.9. The highest BCUT2D eigenvalue weighted by Crippen LogP contribution is 2.25. The minimum absolute atomic E-state index is 0.0477. The van der Waals surface area contributed by atoms with Crippen LogP contribution < -0.4 is 10.2 Å². The van der Waals surface area contributed by atoms with Gasteiger partial charge < -0.3 is 15.1 Å². The lowest BCUT2D eigenvalue weighted by atomic mass is 10.1. The predicted molar refractivity (Wildman–Crippen MR) is 112 cm³/mol. The van der Waals surface area contributed by atoms with E-state index in [1.165, 1.54) is 4.90 Å². The zero-order valence-electron chi connectivity index (χ0n) is 16.0. The molecule has 1 aliphatic rings. The van der Waals surface area contributed by atoms with Crippen LogP contribution in [0.2, 0.25) is 0 Å². The standard InChI is InChI=1S/C21H23N3O3S/c1-23(14-19(25)22-17-6-3-4-7-18(17)28-2)21(27)15-9-11-16(12-10-15)24-13-5-8-20(24)26/h3-4,6-7,9-12H,5,8,13-14H2,1-2H3,(H,22,25). The minimum atomic E-state index is -0.253. The van der Waals surface area contributed by atoms with Gasteiger partial charge in [-0.2, -0.15) is 0 Å². The number of carbonyl (C=O) groups is 3. The number of anilines is 2. The van der Waals surface area contributed by atoms with Crippen LogP contribution in [-0.4, -0.2) is 49.0 Å². The SMILES string of the molecule is CSc1ccccc1NC(=O)CN(C)C(=O)c1ccc(N2CCCC2=O)cc1. The van der Waals surface area contributed by atoms with Gasteiger partial charge in [-0.25, -0.2) is 0 Å². The topological polar surface area (TPSA) is 69.7 Å². The van der Waals surface area contributed by atoms with Crippen LogP contribution in [0, 0.1) is 0 Å². The molecule has 0 spiro atoms. The molecule has 0 radical (unpaired) electrons. The Hall–Kier alpha value is -2.80. The van der Waals surface area contributed by atoms with E-state index in [4.69, 9.17) is 0 Å². The van der Waals surface area contributed by atoms with Crippen molar-refractivity contribution in [3.63, 3.8) is 0 Å². The van der Waals surface area contributed by atoms with E-state index in [1.54, 1.807) is 48.0 Å². The number of para-hydroxylation sites is 1. The van der Waals surface area contributed by atoms with Crippen molar-refractivity contribution in [1.29, 1.82) is 0 Å². The van der Waals surface area contributed by atoms with E-state index in [2.05, 4.69) is 5.32 Å². The summed E-state index contributed by atoms with van der Waals surface area (Å²) in [5.41, 5.74) is 2.02. The van der Waals surface area contributed by atoms with Crippen molar-refractivity contribution in [2.75, 3.05) is 36.6 Å². The van der Waals surface area contributed by atoms with E-state index in [0.29, 0.717) is 18.5 Å². The molecule has 7 heteroatoms. The minimum Gasteiger partial charge on any atom is -0.332 e. The maximum absolute atomic E-state index is 12.6. The molecule has 0 atom stereocenters. The number of benzene rings is 2. The van der Waals surface area contributed by atoms with Gasteiger partial charge in [0.15, 0.2) is 0 Å². The van der Waals surface area contributed by atoms with Gasteiger partial charge in [0.2, 0.25) is 11.8 Å². The Labute approximate surface area is 168 Å². The summed E-state index contributed by atoms with van der Waals surface area (Å²) in [6.07, 6.45) is 3.37. The fourth-order valence-corrected chi connectivity index (χ4v) is 3.70. The number of likely N-dealkylation sites (N-methyl/N-ethyl adjacent to an activating group) is 1. The lowest BCUT2D eigenvalue weighted by molar-refractivity contribution is -0.117. The molecule has 0 unspecified atom stereocenters. The Bertz CT molecular complexity index is 883. The molecular weight excluding hydrogens is 374 g/mol. The summed E-state index contributed by atoms with van der Waals surface area (Å²) in [5.74, 6) is -0.386. The molecule has 3 amide bonds. The molecule has 0 saturated carbocycles. The first-order chi connectivity index (χ1) is 13.5. The highest BCUT2D eigenvalue weighted by molar-refractivity contribution is 7.98. The van der Waals surface area contributed by atoms with Crippen LogP contribution in [0.15, 0.2) is 53.4 Å². The molecule has 28 heavy (non-hydrogen) atoms. The quantitative estimate of drug-likeness (QED) is 0.760. The van der Waals surface area contributed by atoms with Crippen LogP contribution in [0.25, 0.3) is 0 Å². The van der Waals surface area contributed by atoms with Crippen molar-refractivity contribution in [3.8, 4) is 0 Å². The molecule has 0 bridgehead atoms. The van der Waals surface area contributed by atoms with Crippen molar-refractivity contribution < 1.29 is 14.4 Å². The van der Waals surface area contributed by atoms with Crippen molar-refractivity contribution in [3.05, 3.63) is 54.1 Å². The maximum atomic E-state index is 12.6. The van der Waals surface area contributed by atoms with Gasteiger partial charge >= 0.3 is 0 Å².